The van der Waals surface area contributed by atoms with Crippen molar-refractivity contribution in [2.24, 2.45) is 0 Å². The molecule has 0 spiro atoms. The summed E-state index contributed by atoms with van der Waals surface area (Å²) in [6.07, 6.45) is 6.45. The molecule has 0 atom stereocenters. The van der Waals surface area contributed by atoms with E-state index in [0.717, 1.165) is 56.7 Å². The molecule has 0 saturated carbocycles. The van der Waals surface area contributed by atoms with E-state index in [4.69, 9.17) is 4.74 Å². The maximum Gasteiger partial charge on any atom is 2.00 e. The monoisotopic (exact) mass is 348 g/mol. The first-order valence-electron chi connectivity index (χ1n) is 5.80. The van der Waals surface area contributed by atoms with Crippen LogP contribution in [0.3, 0.4) is 0 Å². The molecular formula is C10H21O3PS2Zn. The first-order chi connectivity index (χ1) is 7.56. The molecule has 0 aromatic rings. The summed E-state index contributed by atoms with van der Waals surface area (Å²) in [6, 6.07) is 0. The Morgan fingerprint density at radius 1 is 1.06 bits per heavy atom. The molecular weight excluding hydrogens is 329 g/mol. The van der Waals surface area contributed by atoms with E-state index in [1.54, 1.807) is 0 Å². The molecule has 0 fully saturated rings. The minimum absolute atomic E-state index is 0. The Balaban J connectivity index is 0. The van der Waals surface area contributed by atoms with Gasteiger partial charge >= 0.3 is 19.5 Å². The fourth-order valence-electron chi connectivity index (χ4n) is 1.18. The average molecular weight is 350 g/mol. The van der Waals surface area contributed by atoms with Gasteiger partial charge in [-0.1, -0.05) is 26.2 Å². The Kier molecular flexibility index (Phi) is 17.0. The zero-order chi connectivity index (χ0) is 12.3. The largest absolute Gasteiger partial charge is 2.00 e. The molecule has 0 aliphatic carbocycles. The molecule has 0 aliphatic rings. The normalized spacial score (nSPS) is 11.2. The molecule has 0 radical (unpaired) electrons. The van der Waals surface area contributed by atoms with Crippen molar-refractivity contribution < 1.29 is 34.0 Å². The van der Waals surface area contributed by atoms with Gasteiger partial charge in [-0.2, -0.15) is 17.1 Å². The molecule has 0 aliphatic heterocycles. The summed E-state index contributed by atoms with van der Waals surface area (Å²) in [6.45, 7) is 3.84. The van der Waals surface area contributed by atoms with E-state index in [0.29, 0.717) is 5.75 Å². The van der Waals surface area contributed by atoms with Crippen molar-refractivity contribution in [2.75, 3.05) is 19.0 Å². The third-order valence-corrected chi connectivity index (χ3v) is 5.31. The molecule has 0 aromatic heterocycles. The predicted molar refractivity (Wildman–Crippen MR) is 70.9 cm³/mol. The third-order valence-electron chi connectivity index (χ3n) is 2.07. The topological polar surface area (TPSA) is 55.3 Å². The fraction of sp³-hybridized carbons (Fsp3) is 1.00. The summed E-state index contributed by atoms with van der Waals surface area (Å²) in [5.74, 6) is 0.626. The quantitative estimate of drug-likeness (QED) is 0.324. The van der Waals surface area contributed by atoms with Crippen LogP contribution in [-0.2, 0) is 36.0 Å². The molecule has 0 rings (SSSR count). The molecule has 0 bridgehead atoms. The molecule has 0 N–H and O–H groups in total. The van der Waals surface area contributed by atoms with Crippen LogP contribution >= 0.6 is 17.1 Å². The summed E-state index contributed by atoms with van der Waals surface area (Å²) in [5, 5.41) is 0. The third kappa shape index (κ3) is 20.0. The van der Waals surface area contributed by atoms with Gasteiger partial charge in [-0.25, -0.2) is 0 Å². The Bertz CT molecular complexity index is 202. The van der Waals surface area contributed by atoms with Crippen LogP contribution in [0, 0.1) is 0 Å². The molecule has 0 unspecified atom stereocenters. The van der Waals surface area contributed by atoms with Crippen LogP contribution in [0.4, 0.5) is 0 Å². The van der Waals surface area contributed by atoms with Crippen LogP contribution in [0.1, 0.15) is 45.4 Å². The van der Waals surface area contributed by atoms with Crippen molar-refractivity contribution in [3.05, 3.63) is 0 Å². The molecule has 7 heteroatoms. The van der Waals surface area contributed by atoms with Crippen LogP contribution < -0.4 is 9.79 Å². The summed E-state index contributed by atoms with van der Waals surface area (Å²) in [7, 11) is 0. The Hall–Kier alpha value is 1.50. The van der Waals surface area contributed by atoms with Crippen LogP contribution in [0.25, 0.3) is 0 Å². The summed E-state index contributed by atoms with van der Waals surface area (Å²) >= 11 is 5.18. The minimum atomic E-state index is -3.51. The fourth-order valence-corrected chi connectivity index (χ4v) is 3.47. The number of hydrogen-bond acceptors (Lipinski definition) is 5. The first kappa shape index (κ1) is 20.8. The van der Waals surface area contributed by atoms with E-state index in [1.807, 2.05) is 0 Å². The number of rotatable bonds is 11. The van der Waals surface area contributed by atoms with Gasteiger partial charge < -0.3 is 14.5 Å². The van der Waals surface area contributed by atoms with Gasteiger partial charge in [0, 0.05) is 13.2 Å². The van der Waals surface area contributed by atoms with Crippen molar-refractivity contribution >= 4 is 28.9 Å². The predicted octanol–water partition coefficient (Wildman–Crippen LogP) is 2.04. The maximum absolute atomic E-state index is 10.7. The van der Waals surface area contributed by atoms with Crippen LogP contribution in [0.5, 0.6) is 0 Å². The van der Waals surface area contributed by atoms with Crippen LogP contribution in [0.2, 0.25) is 0 Å². The average Bonchev–Trinajstić information content (AvgIpc) is 2.19. The standard InChI is InChI=1S/C10H23O3PS2.Zn/c1-2-3-8-13-9-6-4-5-7-10-16-14(11,12)15;/h2-10H2,1H3,(H2,11,12,15);/q;+2/p-2. The van der Waals surface area contributed by atoms with Gasteiger partial charge in [0.2, 0.25) is 0 Å². The Morgan fingerprint density at radius 3 is 2.24 bits per heavy atom. The number of hydrogen-bond donors (Lipinski definition) is 0. The number of unbranched alkanes of at least 4 members (excludes halogenated alkanes) is 4. The van der Waals surface area contributed by atoms with Crippen molar-refractivity contribution in [2.45, 2.75) is 45.4 Å². The molecule has 3 nitrogen and oxygen atoms in total. The second-order valence-corrected chi connectivity index (χ2v) is 9.57. The molecule has 98 valence electrons. The van der Waals surface area contributed by atoms with Gasteiger partial charge in [-0.3, -0.25) is 0 Å². The van der Waals surface area contributed by atoms with Crippen molar-refractivity contribution in [3.8, 4) is 0 Å². The summed E-state index contributed by atoms with van der Waals surface area (Å²) < 4.78 is 5.42. The minimum Gasteiger partial charge on any atom is -0.825 e. The second-order valence-electron chi connectivity index (χ2n) is 3.66. The van der Waals surface area contributed by atoms with Crippen molar-refractivity contribution in [1.82, 2.24) is 0 Å². The SMILES string of the molecule is CCCCOCCCCCCSP([O-])([O-])=S.[Zn+2]. The zero-order valence-corrected chi connectivity index (χ0v) is 16.1. The number of ether oxygens (including phenoxy) is 1. The molecule has 0 saturated heterocycles. The van der Waals surface area contributed by atoms with E-state index in [-0.39, 0.29) is 19.5 Å². The Morgan fingerprint density at radius 2 is 1.65 bits per heavy atom. The molecule has 0 heterocycles. The maximum atomic E-state index is 10.7. The molecule has 17 heavy (non-hydrogen) atoms. The first-order valence-corrected chi connectivity index (χ1v) is 10.0. The van der Waals surface area contributed by atoms with Crippen LogP contribution in [0.15, 0.2) is 0 Å². The smallest absolute Gasteiger partial charge is 0.825 e. The molecule has 0 amide bonds. The molecule has 0 aromatic carbocycles. The summed E-state index contributed by atoms with van der Waals surface area (Å²) in [4.78, 5) is 21.3. The van der Waals surface area contributed by atoms with E-state index in [1.165, 1.54) is 6.42 Å². The summed E-state index contributed by atoms with van der Waals surface area (Å²) in [5.41, 5.74) is -3.51. The van der Waals surface area contributed by atoms with E-state index in [2.05, 4.69) is 18.7 Å². The zero-order valence-electron chi connectivity index (χ0n) is 10.6. The van der Waals surface area contributed by atoms with E-state index >= 15 is 0 Å². The van der Waals surface area contributed by atoms with Gasteiger partial charge in [0.05, 0.1) is 0 Å². The van der Waals surface area contributed by atoms with Crippen molar-refractivity contribution in [3.63, 3.8) is 0 Å². The van der Waals surface area contributed by atoms with E-state index in [9.17, 15) is 9.79 Å². The van der Waals surface area contributed by atoms with Crippen LogP contribution in [-0.4, -0.2) is 19.0 Å². The van der Waals surface area contributed by atoms with Gasteiger partial charge in [-0.05, 0) is 25.0 Å². The van der Waals surface area contributed by atoms with Gasteiger partial charge in [0.15, 0.2) is 0 Å². The van der Waals surface area contributed by atoms with Gasteiger partial charge in [0.25, 0.3) is 0 Å². The van der Waals surface area contributed by atoms with Gasteiger partial charge in [0.1, 0.15) is 0 Å². The van der Waals surface area contributed by atoms with Gasteiger partial charge in [-0.15, -0.1) is 11.8 Å². The van der Waals surface area contributed by atoms with E-state index < -0.39 is 5.69 Å². The Labute approximate surface area is 127 Å². The second kappa shape index (κ2) is 13.9. The van der Waals surface area contributed by atoms with Crippen molar-refractivity contribution in [1.29, 1.82) is 0 Å².